The molecule has 146 valence electrons. The third-order valence-corrected chi connectivity index (χ3v) is 5.88. The van der Waals surface area contributed by atoms with Gasteiger partial charge in [0.25, 0.3) is 5.91 Å². The Hall–Kier alpha value is -2.10. The Kier molecular flexibility index (Phi) is 5.80. The number of rotatable bonds is 4. The first kappa shape index (κ1) is 20.2. The van der Waals surface area contributed by atoms with Crippen LogP contribution in [-0.2, 0) is 0 Å². The van der Waals surface area contributed by atoms with Crippen LogP contribution >= 0.6 is 50.1 Å². The van der Waals surface area contributed by atoms with Gasteiger partial charge in [-0.1, -0.05) is 11.6 Å². The molecule has 3 aromatic carbocycles. The lowest BCUT2D eigenvalue weighted by molar-refractivity contribution is 0.102. The van der Waals surface area contributed by atoms with Gasteiger partial charge in [0.2, 0.25) is 5.89 Å². The molecule has 0 fully saturated rings. The van der Waals surface area contributed by atoms with E-state index in [0.717, 1.165) is 13.6 Å². The minimum atomic E-state index is -0.280. The van der Waals surface area contributed by atoms with Crippen molar-refractivity contribution >= 4 is 72.8 Å². The topological polar surface area (TPSA) is 64.4 Å². The fourth-order valence-corrected chi connectivity index (χ4v) is 3.96. The highest BCUT2D eigenvalue weighted by molar-refractivity contribution is 14.1. The van der Waals surface area contributed by atoms with Gasteiger partial charge in [-0.15, -0.1) is 0 Å². The number of carbonyl (C=O) groups is 1. The van der Waals surface area contributed by atoms with Crippen LogP contribution in [0.25, 0.3) is 22.6 Å². The van der Waals surface area contributed by atoms with E-state index in [9.17, 15) is 4.79 Å². The molecule has 0 bridgehead atoms. The summed E-state index contributed by atoms with van der Waals surface area (Å²) < 4.78 is 13.0. The molecule has 0 aliphatic carbocycles. The Bertz CT molecular complexity index is 1240. The van der Waals surface area contributed by atoms with Crippen LogP contribution in [0.15, 0.2) is 63.5 Å². The van der Waals surface area contributed by atoms with Crippen molar-refractivity contribution in [2.45, 2.75) is 0 Å². The van der Waals surface area contributed by atoms with Crippen LogP contribution in [0.2, 0.25) is 5.02 Å². The summed E-state index contributed by atoms with van der Waals surface area (Å²) in [6.07, 6.45) is 0. The number of carbonyl (C=O) groups excluding carboxylic acids is 1. The van der Waals surface area contributed by atoms with Gasteiger partial charge in [-0.25, -0.2) is 4.98 Å². The fraction of sp³-hybridized carbons (Fsp3) is 0.0476. The molecule has 1 N–H and O–H groups in total. The van der Waals surface area contributed by atoms with Crippen molar-refractivity contribution in [1.29, 1.82) is 0 Å². The number of aromatic nitrogens is 1. The molecule has 4 aromatic rings. The smallest absolute Gasteiger partial charge is 0.255 e. The van der Waals surface area contributed by atoms with Crippen molar-refractivity contribution in [2.24, 2.45) is 0 Å². The molecule has 0 unspecified atom stereocenters. The van der Waals surface area contributed by atoms with E-state index in [-0.39, 0.29) is 5.91 Å². The van der Waals surface area contributed by atoms with E-state index in [2.05, 4.69) is 48.8 Å². The summed E-state index contributed by atoms with van der Waals surface area (Å²) >= 11 is 11.9. The number of nitrogens with one attached hydrogen (secondary N) is 1. The molecule has 0 aliphatic heterocycles. The average molecular weight is 584 g/mol. The zero-order chi connectivity index (χ0) is 20.5. The van der Waals surface area contributed by atoms with E-state index in [0.29, 0.717) is 39.0 Å². The van der Waals surface area contributed by atoms with Crippen molar-refractivity contribution in [2.75, 3.05) is 12.4 Å². The molecular weight excluding hydrogens is 571 g/mol. The predicted octanol–water partition coefficient (Wildman–Crippen LogP) is 6.78. The van der Waals surface area contributed by atoms with Crippen LogP contribution in [0.3, 0.4) is 0 Å². The van der Waals surface area contributed by atoms with Gasteiger partial charge in [0.15, 0.2) is 5.58 Å². The second-order valence-corrected chi connectivity index (χ2v) is 8.64. The van der Waals surface area contributed by atoms with E-state index < -0.39 is 0 Å². The van der Waals surface area contributed by atoms with Gasteiger partial charge in [-0.3, -0.25) is 4.79 Å². The highest BCUT2D eigenvalue weighted by Crippen LogP contribution is 2.32. The zero-order valence-electron chi connectivity index (χ0n) is 15.0. The third kappa shape index (κ3) is 4.26. The van der Waals surface area contributed by atoms with Gasteiger partial charge in [-0.2, -0.15) is 0 Å². The molecule has 1 amide bonds. The van der Waals surface area contributed by atoms with Crippen LogP contribution in [0.5, 0.6) is 5.75 Å². The number of ether oxygens (including phenoxy) is 1. The van der Waals surface area contributed by atoms with Crippen LogP contribution < -0.4 is 10.1 Å². The number of fused-ring (bicyclic) bond motifs is 1. The van der Waals surface area contributed by atoms with E-state index >= 15 is 0 Å². The maximum atomic E-state index is 12.5. The van der Waals surface area contributed by atoms with Crippen molar-refractivity contribution in [1.82, 2.24) is 4.98 Å². The second-order valence-electron chi connectivity index (χ2n) is 6.13. The maximum Gasteiger partial charge on any atom is 0.255 e. The normalized spacial score (nSPS) is 10.9. The summed E-state index contributed by atoms with van der Waals surface area (Å²) in [7, 11) is 1.53. The van der Waals surface area contributed by atoms with Crippen molar-refractivity contribution in [3.63, 3.8) is 0 Å². The monoisotopic (exact) mass is 582 g/mol. The number of hydrogen-bond donors (Lipinski definition) is 1. The van der Waals surface area contributed by atoms with E-state index in [1.165, 1.54) is 7.11 Å². The number of hydrogen-bond acceptors (Lipinski definition) is 4. The second kappa shape index (κ2) is 8.33. The van der Waals surface area contributed by atoms with Crippen LogP contribution in [0.1, 0.15) is 10.4 Å². The first-order valence-electron chi connectivity index (χ1n) is 8.45. The third-order valence-electron chi connectivity index (χ3n) is 4.22. The molecule has 0 radical (unpaired) electrons. The number of amides is 1. The average Bonchev–Trinajstić information content (AvgIpc) is 3.12. The largest absolute Gasteiger partial charge is 0.495 e. The quantitative estimate of drug-likeness (QED) is 0.269. The minimum Gasteiger partial charge on any atom is -0.495 e. The summed E-state index contributed by atoms with van der Waals surface area (Å²) in [5, 5.41) is 3.23. The first-order valence-corrected chi connectivity index (χ1v) is 10.7. The number of anilines is 1. The number of methoxy groups -OCH3 is 1. The van der Waals surface area contributed by atoms with Gasteiger partial charge in [0, 0.05) is 19.3 Å². The molecule has 0 saturated heterocycles. The van der Waals surface area contributed by atoms with Gasteiger partial charge < -0.3 is 14.5 Å². The molecule has 0 spiro atoms. The lowest BCUT2D eigenvalue weighted by Crippen LogP contribution is -2.11. The van der Waals surface area contributed by atoms with E-state index in [4.69, 9.17) is 20.8 Å². The lowest BCUT2D eigenvalue weighted by atomic mass is 10.2. The SMILES string of the molecule is COc1ccc(C(=O)Nc2ccc3oc(-c4cc(I)ccc4Br)nc3c2)cc1Cl. The molecule has 0 aliphatic rings. The summed E-state index contributed by atoms with van der Waals surface area (Å²) in [6.45, 7) is 0. The fourth-order valence-electron chi connectivity index (χ4n) is 2.79. The lowest BCUT2D eigenvalue weighted by Gasteiger charge is -2.07. The van der Waals surface area contributed by atoms with Crippen LogP contribution in [0, 0.1) is 3.57 Å². The maximum absolute atomic E-state index is 12.5. The highest BCUT2D eigenvalue weighted by Gasteiger charge is 2.14. The Labute approximate surface area is 193 Å². The summed E-state index contributed by atoms with van der Waals surface area (Å²) in [4.78, 5) is 17.1. The molecule has 29 heavy (non-hydrogen) atoms. The molecule has 4 rings (SSSR count). The van der Waals surface area contributed by atoms with Crippen molar-refractivity contribution in [3.05, 3.63) is 73.2 Å². The minimum absolute atomic E-state index is 0.280. The zero-order valence-corrected chi connectivity index (χ0v) is 19.5. The van der Waals surface area contributed by atoms with Gasteiger partial charge in [0.05, 0.1) is 17.7 Å². The standard InChI is InChI=1S/C21H13BrClIN2O3/c1-28-18-6-2-11(8-16(18)23)20(27)25-13-4-7-19-17(10-13)26-21(29-19)14-9-12(24)3-5-15(14)22/h2-10H,1H3,(H,25,27). The van der Waals surface area contributed by atoms with Crippen molar-refractivity contribution < 1.29 is 13.9 Å². The molecule has 8 heteroatoms. The van der Waals surface area contributed by atoms with E-state index in [1.807, 2.05) is 18.2 Å². The molecule has 0 saturated carbocycles. The van der Waals surface area contributed by atoms with Gasteiger partial charge in [-0.05, 0) is 93.1 Å². The summed E-state index contributed by atoms with van der Waals surface area (Å²) in [6, 6.07) is 16.1. The Morgan fingerprint density at radius 3 is 2.76 bits per heavy atom. The molecular formula is C21H13BrClIN2O3. The molecule has 1 aromatic heterocycles. The predicted molar refractivity (Wildman–Crippen MR) is 126 cm³/mol. The Balaban J connectivity index is 1.61. The number of nitrogens with zero attached hydrogens (tertiary/aromatic N) is 1. The molecule has 1 heterocycles. The van der Waals surface area contributed by atoms with Crippen LogP contribution in [-0.4, -0.2) is 18.0 Å². The number of oxazole rings is 1. The summed E-state index contributed by atoms with van der Waals surface area (Å²) in [5.74, 6) is 0.746. The Morgan fingerprint density at radius 1 is 1.17 bits per heavy atom. The van der Waals surface area contributed by atoms with Gasteiger partial charge >= 0.3 is 0 Å². The van der Waals surface area contributed by atoms with Gasteiger partial charge in [0.1, 0.15) is 11.3 Å². The Morgan fingerprint density at radius 2 is 2.00 bits per heavy atom. The van der Waals surface area contributed by atoms with Crippen LogP contribution in [0.4, 0.5) is 5.69 Å². The first-order chi connectivity index (χ1) is 13.9. The molecule has 0 atom stereocenters. The van der Waals surface area contributed by atoms with E-state index in [1.54, 1.807) is 36.4 Å². The number of halogens is 3. The summed E-state index contributed by atoms with van der Waals surface area (Å²) in [5.41, 5.74) is 3.19. The highest BCUT2D eigenvalue weighted by atomic mass is 127. The van der Waals surface area contributed by atoms with Crippen molar-refractivity contribution in [3.8, 4) is 17.2 Å². The number of benzene rings is 3. The molecule has 5 nitrogen and oxygen atoms in total.